The van der Waals surface area contributed by atoms with Gasteiger partial charge in [0.1, 0.15) is 0 Å². The van der Waals surface area contributed by atoms with Crippen molar-refractivity contribution in [3.05, 3.63) is 108 Å². The van der Waals surface area contributed by atoms with Gasteiger partial charge in [-0.25, -0.2) is 0 Å². The lowest BCUT2D eigenvalue weighted by atomic mass is 10.1. The van der Waals surface area contributed by atoms with E-state index in [1.54, 1.807) is 0 Å². The molecule has 148 valence electrons. The van der Waals surface area contributed by atoms with Crippen LogP contribution in [-0.2, 0) is 0 Å². The summed E-state index contributed by atoms with van der Waals surface area (Å²) in [7, 11) is 0. The molecule has 4 heteroatoms. The number of amides is 1. The first-order valence-corrected chi connectivity index (χ1v) is 10.7. The first-order chi connectivity index (χ1) is 14.6. The van der Waals surface area contributed by atoms with E-state index in [9.17, 15) is 9.59 Å². The van der Waals surface area contributed by atoms with E-state index in [0.717, 1.165) is 21.2 Å². The van der Waals surface area contributed by atoms with E-state index in [1.165, 1.54) is 11.8 Å². The molecule has 0 unspecified atom stereocenters. The Morgan fingerprint density at radius 1 is 0.767 bits per heavy atom. The Hall–Kier alpha value is -3.37. The number of rotatable bonds is 6. The minimum atomic E-state index is -0.154. The topological polar surface area (TPSA) is 46.2 Å². The van der Waals surface area contributed by atoms with Gasteiger partial charge in [0.25, 0.3) is 5.91 Å². The molecular formula is C26H21NO2S. The minimum Gasteiger partial charge on any atom is -0.322 e. The Morgan fingerprint density at radius 3 is 2.30 bits per heavy atom. The van der Waals surface area contributed by atoms with Crippen molar-refractivity contribution in [2.75, 3.05) is 11.1 Å². The number of hydrogen-bond acceptors (Lipinski definition) is 3. The lowest BCUT2D eigenvalue weighted by Gasteiger charge is -2.08. The molecule has 4 aromatic rings. The van der Waals surface area contributed by atoms with Gasteiger partial charge in [-0.15, -0.1) is 11.8 Å². The number of benzene rings is 4. The van der Waals surface area contributed by atoms with Crippen LogP contribution < -0.4 is 5.32 Å². The van der Waals surface area contributed by atoms with Crippen LogP contribution in [0.2, 0.25) is 0 Å². The van der Waals surface area contributed by atoms with Crippen molar-refractivity contribution in [1.29, 1.82) is 0 Å². The largest absolute Gasteiger partial charge is 0.322 e. The smallest absolute Gasteiger partial charge is 0.255 e. The minimum absolute atomic E-state index is 0.0885. The van der Waals surface area contributed by atoms with Crippen LogP contribution in [0.3, 0.4) is 0 Å². The van der Waals surface area contributed by atoms with Crippen LogP contribution in [-0.4, -0.2) is 17.4 Å². The van der Waals surface area contributed by atoms with E-state index in [2.05, 4.69) is 5.32 Å². The zero-order valence-electron chi connectivity index (χ0n) is 16.6. The number of anilines is 1. The molecule has 0 atom stereocenters. The summed E-state index contributed by atoms with van der Waals surface area (Å²) in [4.78, 5) is 26.0. The van der Waals surface area contributed by atoms with E-state index in [1.807, 2.05) is 97.9 Å². The zero-order valence-corrected chi connectivity index (χ0v) is 17.4. The van der Waals surface area contributed by atoms with Crippen LogP contribution in [0, 0.1) is 6.92 Å². The molecule has 0 saturated carbocycles. The maximum atomic E-state index is 12.7. The van der Waals surface area contributed by atoms with Crippen LogP contribution in [0.1, 0.15) is 26.3 Å². The third-order valence-electron chi connectivity index (χ3n) is 4.85. The molecule has 0 bridgehead atoms. The second-order valence-electron chi connectivity index (χ2n) is 7.12. The van der Waals surface area contributed by atoms with Gasteiger partial charge in [-0.05, 0) is 48.0 Å². The van der Waals surface area contributed by atoms with Crippen molar-refractivity contribution in [3.63, 3.8) is 0 Å². The molecule has 0 spiro atoms. The highest BCUT2D eigenvalue weighted by Gasteiger charge is 2.09. The van der Waals surface area contributed by atoms with Gasteiger partial charge in [-0.3, -0.25) is 9.59 Å². The van der Waals surface area contributed by atoms with Gasteiger partial charge in [0.05, 0.1) is 5.75 Å². The number of fused-ring (bicyclic) bond motifs is 1. The van der Waals surface area contributed by atoms with Gasteiger partial charge in [-0.1, -0.05) is 66.2 Å². The lowest BCUT2D eigenvalue weighted by molar-refractivity contribution is 0.101. The zero-order chi connectivity index (χ0) is 20.9. The highest BCUT2D eigenvalue weighted by Crippen LogP contribution is 2.24. The molecule has 4 aromatic carbocycles. The van der Waals surface area contributed by atoms with Crippen molar-refractivity contribution < 1.29 is 9.59 Å². The van der Waals surface area contributed by atoms with Gasteiger partial charge in [0.15, 0.2) is 5.78 Å². The molecule has 1 amide bonds. The fourth-order valence-electron chi connectivity index (χ4n) is 3.17. The summed E-state index contributed by atoms with van der Waals surface area (Å²) in [5, 5.41) is 5.09. The highest BCUT2D eigenvalue weighted by molar-refractivity contribution is 8.00. The molecule has 0 saturated heterocycles. The first kappa shape index (κ1) is 19.9. The molecule has 0 aromatic heterocycles. The molecule has 0 heterocycles. The number of ketones is 1. The van der Waals surface area contributed by atoms with Crippen molar-refractivity contribution in [2.45, 2.75) is 11.8 Å². The number of aryl methyl sites for hydroxylation is 1. The Kier molecular flexibility index (Phi) is 5.96. The summed E-state index contributed by atoms with van der Waals surface area (Å²) < 4.78 is 0. The van der Waals surface area contributed by atoms with Crippen LogP contribution >= 0.6 is 11.8 Å². The number of hydrogen-bond donors (Lipinski definition) is 1. The quantitative estimate of drug-likeness (QED) is 0.296. The fourth-order valence-corrected chi connectivity index (χ4v) is 4.02. The molecule has 4 rings (SSSR count). The normalized spacial score (nSPS) is 10.7. The second-order valence-corrected chi connectivity index (χ2v) is 8.17. The number of thioether (sulfide) groups is 1. The molecule has 30 heavy (non-hydrogen) atoms. The van der Waals surface area contributed by atoms with Crippen molar-refractivity contribution in [2.24, 2.45) is 0 Å². The van der Waals surface area contributed by atoms with Gasteiger partial charge < -0.3 is 5.32 Å². The van der Waals surface area contributed by atoms with Gasteiger partial charge in [0, 0.05) is 21.7 Å². The lowest BCUT2D eigenvalue weighted by Crippen LogP contribution is -2.11. The number of carbonyl (C=O) groups excluding carboxylic acids is 2. The molecular weight excluding hydrogens is 390 g/mol. The predicted molar refractivity (Wildman–Crippen MR) is 125 cm³/mol. The Bertz CT molecular complexity index is 1220. The highest BCUT2D eigenvalue weighted by atomic mass is 32.2. The van der Waals surface area contributed by atoms with Gasteiger partial charge in [-0.2, -0.15) is 0 Å². The van der Waals surface area contributed by atoms with E-state index in [0.29, 0.717) is 22.6 Å². The molecule has 0 aliphatic carbocycles. The van der Waals surface area contributed by atoms with Crippen LogP contribution in [0.4, 0.5) is 5.69 Å². The first-order valence-electron chi connectivity index (χ1n) is 9.71. The summed E-state index contributed by atoms with van der Waals surface area (Å²) in [6.07, 6.45) is 0. The standard InChI is InChI=1S/C26H21NO2S/c1-18-9-11-20(12-10-18)25(28)17-30-24-8-4-7-23(16-24)27-26(29)22-14-13-19-5-2-3-6-21(19)15-22/h2-16H,17H2,1H3,(H,27,29). The summed E-state index contributed by atoms with van der Waals surface area (Å²) in [6.45, 7) is 2.00. The monoisotopic (exact) mass is 411 g/mol. The average molecular weight is 412 g/mol. The van der Waals surface area contributed by atoms with Crippen molar-refractivity contribution >= 4 is 39.9 Å². The van der Waals surface area contributed by atoms with E-state index < -0.39 is 0 Å². The Morgan fingerprint density at radius 2 is 1.50 bits per heavy atom. The van der Waals surface area contributed by atoms with Crippen molar-refractivity contribution in [1.82, 2.24) is 0 Å². The Labute approximate surface area is 180 Å². The van der Waals surface area contributed by atoms with Crippen molar-refractivity contribution in [3.8, 4) is 0 Å². The predicted octanol–water partition coefficient (Wildman–Crippen LogP) is 6.38. The average Bonchev–Trinajstić information content (AvgIpc) is 2.78. The SMILES string of the molecule is Cc1ccc(C(=O)CSc2cccc(NC(=O)c3ccc4ccccc4c3)c2)cc1. The van der Waals surface area contributed by atoms with Gasteiger partial charge in [0.2, 0.25) is 0 Å². The number of Topliss-reactive ketones (excluding diaryl/α,β-unsaturated/α-hetero) is 1. The van der Waals surface area contributed by atoms with E-state index in [-0.39, 0.29) is 11.7 Å². The number of nitrogens with one attached hydrogen (secondary N) is 1. The third kappa shape index (κ3) is 4.78. The summed E-state index contributed by atoms with van der Waals surface area (Å²) in [6, 6.07) is 28.8. The Balaban J connectivity index is 1.41. The fraction of sp³-hybridized carbons (Fsp3) is 0.0769. The van der Waals surface area contributed by atoms with Gasteiger partial charge >= 0.3 is 0 Å². The summed E-state index contributed by atoms with van der Waals surface area (Å²) in [5.41, 5.74) is 3.17. The molecule has 0 fully saturated rings. The molecule has 0 aliphatic heterocycles. The van der Waals surface area contributed by atoms with Crippen LogP contribution in [0.25, 0.3) is 10.8 Å². The molecule has 0 aliphatic rings. The summed E-state index contributed by atoms with van der Waals surface area (Å²) >= 11 is 1.47. The number of carbonyl (C=O) groups is 2. The van der Waals surface area contributed by atoms with E-state index in [4.69, 9.17) is 0 Å². The van der Waals surface area contributed by atoms with Crippen LogP contribution in [0.5, 0.6) is 0 Å². The maximum absolute atomic E-state index is 12.7. The second kappa shape index (κ2) is 8.97. The maximum Gasteiger partial charge on any atom is 0.255 e. The molecule has 0 radical (unpaired) electrons. The molecule has 3 nitrogen and oxygen atoms in total. The van der Waals surface area contributed by atoms with Crippen LogP contribution in [0.15, 0.2) is 95.9 Å². The summed E-state index contributed by atoms with van der Waals surface area (Å²) in [5.74, 6) is 0.287. The molecule has 1 N–H and O–H groups in total. The van der Waals surface area contributed by atoms with E-state index >= 15 is 0 Å². The third-order valence-corrected chi connectivity index (χ3v) is 5.84.